The van der Waals surface area contributed by atoms with Crippen LogP contribution in [0.1, 0.15) is 47.2 Å². The summed E-state index contributed by atoms with van der Waals surface area (Å²) in [5.41, 5.74) is 26.2. The van der Waals surface area contributed by atoms with Gasteiger partial charge in [0.1, 0.15) is 0 Å². The zero-order valence-electron chi connectivity index (χ0n) is 40.3. The highest BCUT2D eigenvalue weighted by Gasteiger charge is 2.52. The minimum absolute atomic E-state index is 0.194. The highest BCUT2D eigenvalue weighted by Crippen LogP contribution is 2.64. The summed E-state index contributed by atoms with van der Waals surface area (Å²) >= 11 is 0. The summed E-state index contributed by atoms with van der Waals surface area (Å²) in [5, 5.41) is 0. The van der Waals surface area contributed by atoms with Gasteiger partial charge < -0.3 is 9.80 Å². The number of rotatable bonds is 8. The first-order valence-corrected chi connectivity index (χ1v) is 25.2. The van der Waals surface area contributed by atoms with Crippen LogP contribution in [0.2, 0.25) is 0 Å². The quantitative estimate of drug-likeness (QED) is 0.150. The largest absolute Gasteiger partial charge is 0.310 e. The van der Waals surface area contributed by atoms with E-state index in [1.807, 2.05) is 0 Å². The Morgan fingerprint density at radius 3 is 1.04 bits per heavy atom. The Morgan fingerprint density at radius 2 is 0.569 bits per heavy atom. The molecule has 3 aliphatic rings. The Balaban J connectivity index is 1.06. The van der Waals surface area contributed by atoms with E-state index in [9.17, 15) is 0 Å². The standard InChI is InChI=1S/C70H50N2/c1-69(2)62-35-18-15-30-56(62)59-41-39-52(44-65(59)69)72(68-54(47-22-7-3-8-23-47)33-21-34-55(68)48-24-9-4-10-25-48)53-40-43-61-58-32-17-20-37-64(58)70(67(61)46-53)63-36-19-16-31-57(63)60-42-38-51(45-66(60)70)71(49-26-11-5-12-27-49)50-28-13-6-14-29-50/h3-46H,1-2H3. The summed E-state index contributed by atoms with van der Waals surface area (Å²) in [7, 11) is 0. The fourth-order valence-electron chi connectivity index (χ4n) is 12.7. The summed E-state index contributed by atoms with van der Waals surface area (Å²) in [4.78, 5) is 4.97. The molecule has 0 amide bonds. The predicted octanol–water partition coefficient (Wildman–Crippen LogP) is 18.6. The molecule has 0 radical (unpaired) electrons. The van der Waals surface area contributed by atoms with Gasteiger partial charge >= 0.3 is 0 Å². The van der Waals surface area contributed by atoms with Gasteiger partial charge in [0.2, 0.25) is 0 Å². The van der Waals surface area contributed by atoms with Crippen molar-refractivity contribution < 1.29 is 0 Å². The minimum Gasteiger partial charge on any atom is -0.310 e. The topological polar surface area (TPSA) is 6.48 Å². The molecule has 11 aromatic carbocycles. The van der Waals surface area contributed by atoms with Crippen molar-refractivity contribution in [1.82, 2.24) is 0 Å². The molecule has 2 heteroatoms. The van der Waals surface area contributed by atoms with Crippen LogP contribution in [-0.4, -0.2) is 0 Å². The highest BCUT2D eigenvalue weighted by molar-refractivity contribution is 6.01. The van der Waals surface area contributed by atoms with E-state index >= 15 is 0 Å². The lowest BCUT2D eigenvalue weighted by Gasteiger charge is -2.34. The molecule has 0 aromatic heterocycles. The lowest BCUT2D eigenvalue weighted by molar-refractivity contribution is 0.660. The fraction of sp³-hybridized carbons (Fsp3) is 0.0571. The van der Waals surface area contributed by atoms with Crippen molar-refractivity contribution in [1.29, 1.82) is 0 Å². The molecule has 0 N–H and O–H groups in total. The Kier molecular flexibility index (Phi) is 9.50. The van der Waals surface area contributed by atoms with Gasteiger partial charge in [-0.25, -0.2) is 0 Å². The number of anilines is 6. The molecule has 0 aliphatic heterocycles. The van der Waals surface area contributed by atoms with Crippen molar-refractivity contribution in [2.45, 2.75) is 24.7 Å². The molecule has 0 bridgehead atoms. The van der Waals surface area contributed by atoms with Crippen LogP contribution in [0.3, 0.4) is 0 Å². The summed E-state index contributed by atoms with van der Waals surface area (Å²) < 4.78 is 0. The second-order valence-electron chi connectivity index (χ2n) is 20.0. The SMILES string of the molecule is CC1(C)c2ccccc2-c2ccc(N(c3ccc4c(c3)C3(c5ccccc5-c5ccc(N(c6ccccc6)c6ccccc6)cc53)c3ccccc3-4)c3c(-c4ccccc4)cccc3-c3ccccc3)cc21. The van der Waals surface area contributed by atoms with Crippen molar-refractivity contribution in [3.05, 3.63) is 300 Å². The van der Waals surface area contributed by atoms with E-state index in [0.29, 0.717) is 0 Å². The van der Waals surface area contributed by atoms with Crippen molar-refractivity contribution in [2.24, 2.45) is 0 Å². The molecule has 340 valence electrons. The fourth-order valence-corrected chi connectivity index (χ4v) is 12.7. The van der Waals surface area contributed by atoms with Gasteiger partial charge in [0.25, 0.3) is 0 Å². The first-order valence-electron chi connectivity index (χ1n) is 25.2. The van der Waals surface area contributed by atoms with E-state index in [2.05, 4.69) is 291 Å². The van der Waals surface area contributed by atoms with Gasteiger partial charge in [-0.1, -0.05) is 220 Å². The summed E-state index contributed by atoms with van der Waals surface area (Å²) in [6, 6.07) is 99.2. The number of para-hydroxylation sites is 3. The number of nitrogens with zero attached hydrogens (tertiary/aromatic N) is 2. The second kappa shape index (κ2) is 16.3. The molecule has 14 rings (SSSR count). The molecule has 0 saturated carbocycles. The van der Waals surface area contributed by atoms with Crippen molar-refractivity contribution in [3.63, 3.8) is 0 Å². The van der Waals surface area contributed by atoms with Crippen LogP contribution in [0.15, 0.2) is 267 Å². The Bertz CT molecular complexity index is 3780. The van der Waals surface area contributed by atoms with Crippen LogP contribution >= 0.6 is 0 Å². The van der Waals surface area contributed by atoms with Crippen molar-refractivity contribution in [2.75, 3.05) is 9.80 Å². The summed E-state index contributed by atoms with van der Waals surface area (Å²) in [5.74, 6) is 0. The summed E-state index contributed by atoms with van der Waals surface area (Å²) in [6.45, 7) is 4.77. The molecule has 11 aromatic rings. The van der Waals surface area contributed by atoms with Crippen LogP contribution < -0.4 is 9.80 Å². The van der Waals surface area contributed by atoms with Gasteiger partial charge in [-0.2, -0.15) is 0 Å². The van der Waals surface area contributed by atoms with Crippen LogP contribution in [-0.2, 0) is 10.8 Å². The molecule has 3 aliphatic carbocycles. The smallest absolute Gasteiger partial charge is 0.0727 e. The third-order valence-electron chi connectivity index (χ3n) is 15.9. The van der Waals surface area contributed by atoms with E-state index in [1.165, 1.54) is 89.0 Å². The molecule has 1 unspecified atom stereocenters. The van der Waals surface area contributed by atoms with Crippen molar-refractivity contribution >= 4 is 34.1 Å². The molecule has 0 fully saturated rings. The van der Waals surface area contributed by atoms with E-state index in [1.54, 1.807) is 0 Å². The normalized spacial score (nSPS) is 15.0. The van der Waals surface area contributed by atoms with Gasteiger partial charge in [0.15, 0.2) is 0 Å². The first kappa shape index (κ1) is 41.9. The zero-order valence-corrected chi connectivity index (χ0v) is 40.3. The number of fused-ring (bicyclic) bond motifs is 13. The van der Waals surface area contributed by atoms with Gasteiger partial charge in [0.05, 0.1) is 11.1 Å². The van der Waals surface area contributed by atoms with Crippen LogP contribution in [0.5, 0.6) is 0 Å². The van der Waals surface area contributed by atoms with E-state index < -0.39 is 5.41 Å². The van der Waals surface area contributed by atoms with Gasteiger partial charge in [-0.05, 0) is 139 Å². The third kappa shape index (κ3) is 6.15. The summed E-state index contributed by atoms with van der Waals surface area (Å²) in [6.07, 6.45) is 0. The van der Waals surface area contributed by atoms with Gasteiger partial charge in [0, 0.05) is 45.0 Å². The van der Waals surface area contributed by atoms with Crippen LogP contribution in [0.4, 0.5) is 34.1 Å². The zero-order chi connectivity index (χ0) is 48.0. The maximum atomic E-state index is 2.58. The molecule has 72 heavy (non-hydrogen) atoms. The molecular formula is C70H50N2. The predicted molar refractivity (Wildman–Crippen MR) is 301 cm³/mol. The van der Waals surface area contributed by atoms with Gasteiger partial charge in [-0.3, -0.25) is 0 Å². The van der Waals surface area contributed by atoms with E-state index in [0.717, 1.165) is 34.1 Å². The Morgan fingerprint density at radius 1 is 0.236 bits per heavy atom. The lowest BCUT2D eigenvalue weighted by Crippen LogP contribution is -2.26. The molecular weight excluding hydrogens is 869 g/mol. The van der Waals surface area contributed by atoms with Crippen molar-refractivity contribution in [3.8, 4) is 55.6 Å². The Hall–Kier alpha value is -8.98. The molecule has 1 spiro atoms. The molecule has 1 atom stereocenters. The monoisotopic (exact) mass is 918 g/mol. The highest BCUT2D eigenvalue weighted by atomic mass is 15.2. The second-order valence-corrected chi connectivity index (χ2v) is 20.0. The molecule has 0 saturated heterocycles. The van der Waals surface area contributed by atoms with Gasteiger partial charge in [-0.15, -0.1) is 0 Å². The molecule has 0 heterocycles. The average Bonchev–Trinajstić information content (AvgIpc) is 4.00. The van der Waals surface area contributed by atoms with Crippen LogP contribution in [0.25, 0.3) is 55.6 Å². The third-order valence-corrected chi connectivity index (χ3v) is 15.9. The first-order chi connectivity index (χ1) is 35.5. The average molecular weight is 919 g/mol. The number of benzene rings is 11. The minimum atomic E-state index is -0.614. The lowest BCUT2D eigenvalue weighted by atomic mass is 9.70. The number of hydrogen-bond acceptors (Lipinski definition) is 2. The maximum absolute atomic E-state index is 2.58. The maximum Gasteiger partial charge on any atom is 0.0727 e. The number of hydrogen-bond donors (Lipinski definition) is 0. The molecule has 2 nitrogen and oxygen atoms in total. The Labute approximate surface area is 422 Å². The van der Waals surface area contributed by atoms with E-state index in [4.69, 9.17) is 0 Å². The van der Waals surface area contributed by atoms with Crippen LogP contribution in [0, 0.1) is 0 Å². The van der Waals surface area contributed by atoms with E-state index in [-0.39, 0.29) is 5.41 Å².